The first kappa shape index (κ1) is 17.7. The first-order chi connectivity index (χ1) is 12.4. The predicted octanol–water partition coefficient (Wildman–Crippen LogP) is 2.58. The highest BCUT2D eigenvalue weighted by atomic mass is 32.2. The van der Waals surface area contributed by atoms with E-state index in [-0.39, 0.29) is 17.9 Å². The summed E-state index contributed by atoms with van der Waals surface area (Å²) in [4.78, 5) is 19.2. The van der Waals surface area contributed by atoms with Gasteiger partial charge in [-0.1, -0.05) is 23.8 Å². The number of sulfone groups is 1. The zero-order chi connectivity index (χ0) is 18.3. The van der Waals surface area contributed by atoms with Crippen LogP contribution in [0.4, 0.5) is 5.13 Å². The van der Waals surface area contributed by atoms with E-state index in [1.807, 2.05) is 6.07 Å². The predicted molar refractivity (Wildman–Crippen MR) is 103 cm³/mol. The lowest BCUT2D eigenvalue weighted by Gasteiger charge is -2.34. The molecule has 1 aliphatic carbocycles. The Morgan fingerprint density at radius 1 is 1.23 bits per heavy atom. The molecular weight excluding hydrogens is 370 g/mol. The Kier molecular flexibility index (Phi) is 4.64. The van der Waals surface area contributed by atoms with Gasteiger partial charge in [-0.25, -0.2) is 13.4 Å². The fourth-order valence-electron chi connectivity index (χ4n) is 3.55. The molecule has 2 heterocycles. The van der Waals surface area contributed by atoms with Crippen LogP contribution in [0.25, 0.3) is 10.2 Å². The van der Waals surface area contributed by atoms with Crippen molar-refractivity contribution < 1.29 is 13.2 Å². The van der Waals surface area contributed by atoms with Crippen molar-refractivity contribution in [3.63, 3.8) is 0 Å². The third-order valence-corrected chi connectivity index (χ3v) is 7.57. The molecule has 2 aromatic rings. The number of rotatable bonds is 4. The summed E-state index contributed by atoms with van der Waals surface area (Å²) < 4.78 is 24.8. The summed E-state index contributed by atoms with van der Waals surface area (Å²) in [7, 11) is -3.30. The Balaban J connectivity index is 1.45. The number of hydrogen-bond acceptors (Lipinski definition) is 6. The number of para-hydroxylation sites is 1. The number of thiazole rings is 1. The summed E-state index contributed by atoms with van der Waals surface area (Å²) in [6, 6.07) is 5.53. The van der Waals surface area contributed by atoms with Crippen LogP contribution in [0.2, 0.25) is 0 Å². The van der Waals surface area contributed by atoms with Gasteiger partial charge in [0.2, 0.25) is 5.91 Å². The SMILES string of the molecule is CS(=O)(=O)c1cccc2sc(N3CCC(NC(=O)C4CCC4)CC3)nc12. The van der Waals surface area contributed by atoms with Gasteiger partial charge in [0.25, 0.3) is 0 Å². The molecule has 1 aromatic carbocycles. The minimum Gasteiger partial charge on any atom is -0.353 e. The molecule has 0 spiro atoms. The summed E-state index contributed by atoms with van der Waals surface area (Å²) in [5, 5.41) is 4.05. The van der Waals surface area contributed by atoms with Crippen molar-refractivity contribution in [3.05, 3.63) is 18.2 Å². The minimum absolute atomic E-state index is 0.215. The lowest BCUT2D eigenvalue weighted by atomic mass is 9.84. The van der Waals surface area contributed by atoms with Gasteiger partial charge in [-0.15, -0.1) is 0 Å². The average molecular weight is 394 g/mol. The van der Waals surface area contributed by atoms with Gasteiger partial charge in [-0.05, 0) is 37.8 Å². The number of benzene rings is 1. The molecule has 0 atom stereocenters. The number of nitrogens with one attached hydrogen (secondary N) is 1. The number of fused-ring (bicyclic) bond motifs is 1. The van der Waals surface area contributed by atoms with Crippen molar-refractivity contribution in [1.29, 1.82) is 0 Å². The maximum atomic E-state index is 12.1. The first-order valence-corrected chi connectivity index (χ1v) is 11.8. The van der Waals surface area contributed by atoms with E-state index in [0.717, 1.165) is 48.6 Å². The van der Waals surface area contributed by atoms with E-state index in [1.54, 1.807) is 12.1 Å². The second-order valence-electron chi connectivity index (χ2n) is 7.27. The van der Waals surface area contributed by atoms with E-state index < -0.39 is 9.84 Å². The van der Waals surface area contributed by atoms with Gasteiger partial charge in [0.05, 0.1) is 9.60 Å². The minimum atomic E-state index is -3.30. The maximum absolute atomic E-state index is 12.1. The summed E-state index contributed by atoms with van der Waals surface area (Å²) in [6.07, 6.45) is 6.24. The second kappa shape index (κ2) is 6.81. The number of piperidine rings is 1. The lowest BCUT2D eigenvalue weighted by Crippen LogP contribution is -2.47. The molecule has 1 aliphatic heterocycles. The summed E-state index contributed by atoms with van der Waals surface area (Å²) in [5.74, 6) is 0.444. The van der Waals surface area contributed by atoms with Crippen LogP contribution in [0.5, 0.6) is 0 Å². The smallest absolute Gasteiger partial charge is 0.223 e. The van der Waals surface area contributed by atoms with Crippen molar-refractivity contribution >= 4 is 42.4 Å². The van der Waals surface area contributed by atoms with Gasteiger partial charge in [-0.2, -0.15) is 0 Å². The van der Waals surface area contributed by atoms with Gasteiger partial charge >= 0.3 is 0 Å². The molecule has 140 valence electrons. The van der Waals surface area contributed by atoms with E-state index in [4.69, 9.17) is 0 Å². The first-order valence-electron chi connectivity index (χ1n) is 9.07. The molecule has 1 amide bonds. The van der Waals surface area contributed by atoms with E-state index in [2.05, 4.69) is 15.2 Å². The Labute approximate surface area is 157 Å². The highest BCUT2D eigenvalue weighted by molar-refractivity contribution is 7.91. The Hall–Kier alpha value is -1.67. The van der Waals surface area contributed by atoms with Gasteiger partial charge in [-0.3, -0.25) is 4.79 Å². The number of carbonyl (C=O) groups is 1. The normalized spacial score (nSPS) is 19.5. The van der Waals surface area contributed by atoms with Crippen molar-refractivity contribution in [2.75, 3.05) is 24.2 Å². The molecule has 8 heteroatoms. The van der Waals surface area contributed by atoms with Crippen LogP contribution in [0, 0.1) is 5.92 Å². The maximum Gasteiger partial charge on any atom is 0.223 e. The van der Waals surface area contributed by atoms with Crippen LogP contribution in [0.3, 0.4) is 0 Å². The van der Waals surface area contributed by atoms with Crippen LogP contribution in [-0.2, 0) is 14.6 Å². The highest BCUT2D eigenvalue weighted by Crippen LogP contribution is 2.34. The Bertz CT molecular complexity index is 926. The zero-order valence-corrected chi connectivity index (χ0v) is 16.4. The summed E-state index contributed by atoms with van der Waals surface area (Å²) in [6.45, 7) is 1.65. The molecule has 1 saturated heterocycles. The highest BCUT2D eigenvalue weighted by Gasteiger charge is 2.29. The molecule has 0 bridgehead atoms. The van der Waals surface area contributed by atoms with Crippen LogP contribution in [0.15, 0.2) is 23.1 Å². The van der Waals surface area contributed by atoms with Crippen LogP contribution >= 0.6 is 11.3 Å². The monoisotopic (exact) mass is 393 g/mol. The van der Waals surface area contributed by atoms with Gasteiger partial charge < -0.3 is 10.2 Å². The van der Waals surface area contributed by atoms with Crippen molar-refractivity contribution in [2.45, 2.75) is 43.0 Å². The number of aromatic nitrogens is 1. The topological polar surface area (TPSA) is 79.4 Å². The number of carbonyl (C=O) groups excluding carboxylic acids is 1. The van der Waals surface area contributed by atoms with Crippen molar-refractivity contribution in [2.24, 2.45) is 5.92 Å². The lowest BCUT2D eigenvalue weighted by molar-refractivity contribution is -0.128. The molecule has 2 fully saturated rings. The van der Waals surface area contributed by atoms with E-state index in [9.17, 15) is 13.2 Å². The molecule has 4 rings (SSSR count). The van der Waals surface area contributed by atoms with E-state index >= 15 is 0 Å². The number of anilines is 1. The van der Waals surface area contributed by atoms with Crippen LogP contribution in [-0.4, -0.2) is 44.7 Å². The summed E-state index contributed by atoms with van der Waals surface area (Å²) in [5.41, 5.74) is 0.565. The fraction of sp³-hybridized carbons (Fsp3) is 0.556. The number of nitrogens with zero attached hydrogens (tertiary/aromatic N) is 2. The van der Waals surface area contributed by atoms with Gasteiger partial charge in [0.15, 0.2) is 15.0 Å². The molecule has 2 aliphatic rings. The van der Waals surface area contributed by atoms with E-state index in [0.29, 0.717) is 10.4 Å². The number of hydrogen-bond donors (Lipinski definition) is 1. The molecule has 6 nitrogen and oxygen atoms in total. The third-order valence-electron chi connectivity index (χ3n) is 5.36. The summed E-state index contributed by atoms with van der Waals surface area (Å²) >= 11 is 1.53. The molecule has 1 N–H and O–H groups in total. The van der Waals surface area contributed by atoms with Crippen LogP contribution in [0.1, 0.15) is 32.1 Å². The molecule has 1 saturated carbocycles. The second-order valence-corrected chi connectivity index (χ2v) is 10.3. The van der Waals surface area contributed by atoms with Crippen LogP contribution < -0.4 is 10.2 Å². The molecule has 0 radical (unpaired) electrons. The average Bonchev–Trinajstić information content (AvgIpc) is 2.96. The van der Waals surface area contributed by atoms with Crippen molar-refractivity contribution in [3.8, 4) is 0 Å². The molecule has 26 heavy (non-hydrogen) atoms. The third kappa shape index (κ3) is 3.44. The Morgan fingerprint density at radius 2 is 1.96 bits per heavy atom. The fourth-order valence-corrected chi connectivity index (χ4v) is 5.49. The standard InChI is InChI=1S/C18H23N3O3S2/c1-26(23,24)15-7-3-6-14-16(15)20-18(25-14)21-10-8-13(9-11-21)19-17(22)12-4-2-5-12/h3,6-7,12-13H,2,4-5,8-11H2,1H3,(H,19,22). The van der Waals surface area contributed by atoms with E-state index in [1.165, 1.54) is 24.0 Å². The zero-order valence-electron chi connectivity index (χ0n) is 14.8. The van der Waals surface area contributed by atoms with Gasteiger partial charge in [0, 0.05) is 31.3 Å². The molecule has 0 unspecified atom stereocenters. The van der Waals surface area contributed by atoms with Crippen molar-refractivity contribution in [1.82, 2.24) is 10.3 Å². The molecular formula is C18H23N3O3S2. The molecule has 1 aromatic heterocycles. The quantitative estimate of drug-likeness (QED) is 0.864. The number of amides is 1. The van der Waals surface area contributed by atoms with Gasteiger partial charge in [0.1, 0.15) is 5.52 Å². The Morgan fingerprint density at radius 3 is 2.58 bits per heavy atom. The largest absolute Gasteiger partial charge is 0.353 e.